The maximum Gasteiger partial charge on any atom is 0.407 e. The molecule has 0 aliphatic carbocycles. The van der Waals surface area contributed by atoms with Gasteiger partial charge in [-0.25, -0.2) is 4.79 Å². The number of piperidine rings is 1. The van der Waals surface area contributed by atoms with E-state index in [4.69, 9.17) is 4.74 Å². The van der Waals surface area contributed by atoms with Gasteiger partial charge in [0.2, 0.25) is 0 Å². The van der Waals surface area contributed by atoms with Crippen LogP contribution in [0.4, 0.5) is 4.79 Å². The van der Waals surface area contributed by atoms with Crippen molar-refractivity contribution in [3.05, 3.63) is 41.5 Å². The summed E-state index contributed by atoms with van der Waals surface area (Å²) in [5.41, 5.74) is 2.19. The minimum absolute atomic E-state index is 0.0575. The molecule has 0 bridgehead atoms. The predicted octanol–water partition coefficient (Wildman–Crippen LogP) is 4.01. The monoisotopic (exact) mass is 358 g/mol. The summed E-state index contributed by atoms with van der Waals surface area (Å²) in [5, 5.41) is 2.83. The Balaban J connectivity index is 1.87. The molecule has 0 atom stereocenters. The smallest absolute Gasteiger partial charge is 0.407 e. The summed E-state index contributed by atoms with van der Waals surface area (Å²) in [6.45, 7) is 13.3. The summed E-state index contributed by atoms with van der Waals surface area (Å²) in [4.78, 5) is 26.5. The average molecular weight is 358 g/mol. The van der Waals surface area contributed by atoms with Crippen molar-refractivity contribution in [3.8, 4) is 0 Å². The summed E-state index contributed by atoms with van der Waals surface area (Å²) in [7, 11) is 0. The lowest BCUT2D eigenvalue weighted by atomic mass is 9.95. The zero-order chi connectivity index (χ0) is 19.3. The van der Waals surface area contributed by atoms with Gasteiger partial charge in [0.15, 0.2) is 0 Å². The highest BCUT2D eigenvalue weighted by atomic mass is 16.6. The van der Waals surface area contributed by atoms with Crippen LogP contribution in [0.5, 0.6) is 0 Å². The summed E-state index contributed by atoms with van der Waals surface area (Å²) in [5.74, 6) is 0.421. The summed E-state index contributed by atoms with van der Waals surface area (Å²) in [6.07, 6.45) is 3.11. The lowest BCUT2D eigenvalue weighted by Crippen LogP contribution is -2.42. The molecule has 0 spiro atoms. The highest BCUT2D eigenvalue weighted by Gasteiger charge is 2.25. The SMILES string of the molecule is C=Cc1c(C)cccc1C(=O)N1CCC(CNC(=O)OC(C)(C)C)CC1. The molecule has 2 rings (SSSR count). The van der Waals surface area contributed by atoms with Crippen molar-refractivity contribution < 1.29 is 14.3 Å². The first-order valence-corrected chi connectivity index (χ1v) is 9.19. The molecule has 26 heavy (non-hydrogen) atoms. The van der Waals surface area contributed by atoms with Crippen molar-refractivity contribution in [1.82, 2.24) is 10.2 Å². The minimum atomic E-state index is -0.490. The van der Waals surface area contributed by atoms with Crippen LogP contribution in [0.3, 0.4) is 0 Å². The van der Waals surface area contributed by atoms with Crippen LogP contribution >= 0.6 is 0 Å². The molecule has 1 aliphatic heterocycles. The Morgan fingerprint density at radius 3 is 2.54 bits per heavy atom. The van der Waals surface area contributed by atoms with Gasteiger partial charge in [-0.05, 0) is 63.6 Å². The fourth-order valence-electron chi connectivity index (χ4n) is 3.19. The molecule has 1 aliphatic rings. The highest BCUT2D eigenvalue weighted by Crippen LogP contribution is 2.22. The number of nitrogens with zero attached hydrogens (tertiary/aromatic N) is 1. The molecule has 0 saturated carbocycles. The molecule has 1 aromatic carbocycles. The Kier molecular flexibility index (Phi) is 6.46. The zero-order valence-corrected chi connectivity index (χ0v) is 16.3. The first-order valence-electron chi connectivity index (χ1n) is 9.19. The van der Waals surface area contributed by atoms with Crippen LogP contribution in [0.1, 0.15) is 55.1 Å². The second-order valence-electron chi connectivity index (χ2n) is 7.86. The third-order valence-electron chi connectivity index (χ3n) is 4.59. The summed E-state index contributed by atoms with van der Waals surface area (Å²) >= 11 is 0. The van der Waals surface area contributed by atoms with E-state index in [2.05, 4.69) is 11.9 Å². The number of hydrogen-bond acceptors (Lipinski definition) is 3. The molecule has 1 saturated heterocycles. The van der Waals surface area contributed by atoms with Crippen molar-refractivity contribution in [2.24, 2.45) is 5.92 Å². The van der Waals surface area contributed by atoms with Gasteiger partial charge in [-0.3, -0.25) is 4.79 Å². The fourth-order valence-corrected chi connectivity index (χ4v) is 3.19. The van der Waals surface area contributed by atoms with Crippen LogP contribution in [0.25, 0.3) is 6.08 Å². The number of alkyl carbamates (subject to hydrolysis) is 1. The van der Waals surface area contributed by atoms with E-state index in [1.54, 1.807) is 6.08 Å². The number of nitrogens with one attached hydrogen (secondary N) is 1. The van der Waals surface area contributed by atoms with E-state index in [1.807, 2.05) is 50.8 Å². The van der Waals surface area contributed by atoms with Crippen molar-refractivity contribution >= 4 is 18.1 Å². The molecule has 0 aromatic heterocycles. The van der Waals surface area contributed by atoms with Crippen LogP contribution < -0.4 is 5.32 Å². The van der Waals surface area contributed by atoms with Crippen LogP contribution in [-0.4, -0.2) is 42.1 Å². The standard InChI is InChI=1S/C21H30N2O3/c1-6-17-15(2)8-7-9-18(17)19(24)23-12-10-16(11-13-23)14-22-20(25)26-21(3,4)5/h6-9,16H,1,10-14H2,2-5H3,(H,22,25). The number of rotatable bonds is 4. The van der Waals surface area contributed by atoms with Crippen molar-refractivity contribution in [1.29, 1.82) is 0 Å². The normalized spacial score (nSPS) is 15.5. The van der Waals surface area contributed by atoms with Crippen molar-refractivity contribution in [2.45, 2.75) is 46.1 Å². The van der Waals surface area contributed by atoms with Crippen LogP contribution in [0.2, 0.25) is 0 Å². The number of carbonyl (C=O) groups excluding carboxylic acids is 2. The Bertz CT molecular complexity index is 668. The van der Waals surface area contributed by atoms with E-state index in [1.165, 1.54) is 0 Å². The quantitative estimate of drug-likeness (QED) is 0.884. The summed E-state index contributed by atoms with van der Waals surface area (Å²) < 4.78 is 5.26. The summed E-state index contributed by atoms with van der Waals surface area (Å²) in [6, 6.07) is 5.76. The third kappa shape index (κ3) is 5.35. The van der Waals surface area contributed by atoms with Gasteiger partial charge in [0.25, 0.3) is 5.91 Å². The zero-order valence-electron chi connectivity index (χ0n) is 16.3. The Hall–Kier alpha value is -2.30. The van der Waals surface area contributed by atoms with E-state index in [9.17, 15) is 9.59 Å². The number of ether oxygens (including phenoxy) is 1. The van der Waals surface area contributed by atoms with Gasteiger partial charge in [0.1, 0.15) is 5.60 Å². The molecule has 1 N–H and O–H groups in total. The number of benzene rings is 1. The van der Waals surface area contributed by atoms with E-state index >= 15 is 0 Å². The van der Waals surface area contributed by atoms with Crippen LogP contribution in [0, 0.1) is 12.8 Å². The molecule has 0 unspecified atom stereocenters. The number of hydrogen-bond donors (Lipinski definition) is 1. The second-order valence-corrected chi connectivity index (χ2v) is 7.86. The first-order chi connectivity index (χ1) is 12.2. The van der Waals surface area contributed by atoms with Gasteiger partial charge in [-0.2, -0.15) is 0 Å². The number of carbonyl (C=O) groups is 2. The molecule has 1 heterocycles. The van der Waals surface area contributed by atoms with Crippen molar-refractivity contribution in [3.63, 3.8) is 0 Å². The Labute approximate surface area is 156 Å². The molecule has 142 valence electrons. The Morgan fingerprint density at radius 1 is 1.31 bits per heavy atom. The lowest BCUT2D eigenvalue weighted by molar-refractivity contribution is 0.0500. The molecule has 2 amide bonds. The molecule has 1 aromatic rings. The molecular formula is C21H30N2O3. The molecular weight excluding hydrogens is 328 g/mol. The van der Waals surface area contributed by atoms with E-state index in [0.29, 0.717) is 31.1 Å². The Morgan fingerprint density at radius 2 is 1.96 bits per heavy atom. The average Bonchev–Trinajstić information content (AvgIpc) is 2.58. The maximum absolute atomic E-state index is 12.8. The van der Waals surface area contributed by atoms with Gasteiger partial charge in [0, 0.05) is 25.2 Å². The molecule has 5 heteroatoms. The van der Waals surface area contributed by atoms with E-state index in [-0.39, 0.29) is 12.0 Å². The molecule has 0 radical (unpaired) electrons. The predicted molar refractivity (Wildman–Crippen MR) is 104 cm³/mol. The second kappa shape index (κ2) is 8.39. The largest absolute Gasteiger partial charge is 0.444 e. The fraction of sp³-hybridized carbons (Fsp3) is 0.524. The first kappa shape index (κ1) is 20.0. The van der Waals surface area contributed by atoms with Gasteiger partial charge >= 0.3 is 6.09 Å². The number of likely N-dealkylation sites (tertiary alicyclic amines) is 1. The maximum atomic E-state index is 12.8. The van der Waals surface area contributed by atoms with Crippen LogP contribution in [0.15, 0.2) is 24.8 Å². The van der Waals surface area contributed by atoms with Crippen molar-refractivity contribution in [2.75, 3.05) is 19.6 Å². The minimum Gasteiger partial charge on any atom is -0.444 e. The van der Waals surface area contributed by atoms with Crippen LogP contribution in [-0.2, 0) is 4.74 Å². The molecule has 5 nitrogen and oxygen atoms in total. The topological polar surface area (TPSA) is 58.6 Å². The van der Waals surface area contributed by atoms with Gasteiger partial charge < -0.3 is 15.0 Å². The lowest BCUT2D eigenvalue weighted by Gasteiger charge is -2.32. The van der Waals surface area contributed by atoms with Gasteiger partial charge in [0.05, 0.1) is 0 Å². The highest BCUT2D eigenvalue weighted by molar-refractivity contribution is 5.98. The number of aryl methyl sites for hydroxylation is 1. The van der Waals surface area contributed by atoms with Gasteiger partial charge in [-0.1, -0.05) is 24.8 Å². The van der Waals surface area contributed by atoms with E-state index < -0.39 is 5.60 Å². The van der Waals surface area contributed by atoms with Gasteiger partial charge in [-0.15, -0.1) is 0 Å². The molecule has 1 fully saturated rings. The number of amides is 2. The van der Waals surface area contributed by atoms with E-state index in [0.717, 1.165) is 24.0 Å². The third-order valence-corrected chi connectivity index (χ3v) is 4.59.